The molecule has 1 aliphatic rings. The molecule has 1 fully saturated rings. The summed E-state index contributed by atoms with van der Waals surface area (Å²) < 4.78 is 61.4. The van der Waals surface area contributed by atoms with E-state index in [1.165, 1.54) is 6.07 Å². The number of aryl methyl sites for hydroxylation is 1. The highest BCUT2D eigenvalue weighted by atomic mass is 35.5. The summed E-state index contributed by atoms with van der Waals surface area (Å²) in [6.07, 6.45) is -4.54. The van der Waals surface area contributed by atoms with Crippen LogP contribution in [0, 0.1) is 6.92 Å². The molecular weight excluding hydrogens is 456 g/mol. The van der Waals surface area contributed by atoms with E-state index in [4.69, 9.17) is 25.3 Å². The fraction of sp³-hybridized carbons (Fsp3) is 0.739. The highest BCUT2D eigenvalue weighted by molar-refractivity contribution is 6.74. The van der Waals surface area contributed by atoms with Crippen molar-refractivity contribution in [3.8, 4) is 0 Å². The molecule has 1 aromatic rings. The van der Waals surface area contributed by atoms with Gasteiger partial charge in [-0.25, -0.2) is 0 Å². The predicted molar refractivity (Wildman–Crippen MR) is 128 cm³/mol. The van der Waals surface area contributed by atoms with Gasteiger partial charge in [0.15, 0.2) is 8.32 Å². The molecule has 0 radical (unpaired) electrons. The van der Waals surface area contributed by atoms with Gasteiger partial charge in [0.2, 0.25) is 0 Å². The number of benzene rings is 1. The van der Waals surface area contributed by atoms with Gasteiger partial charge >= 0.3 is 13.3 Å². The van der Waals surface area contributed by atoms with E-state index in [2.05, 4.69) is 0 Å². The Labute approximate surface area is 197 Å². The van der Waals surface area contributed by atoms with Gasteiger partial charge in [0.05, 0.1) is 17.8 Å². The first kappa shape index (κ1) is 27.7. The van der Waals surface area contributed by atoms with Crippen molar-refractivity contribution in [3.05, 3.63) is 28.3 Å². The lowest BCUT2D eigenvalue weighted by Gasteiger charge is -2.41. The third-order valence-corrected chi connectivity index (χ3v) is 12.4. The minimum absolute atomic E-state index is 0.00291. The average molecular weight is 493 g/mol. The quantitative estimate of drug-likeness (QED) is 0.424. The van der Waals surface area contributed by atoms with Crippen LogP contribution in [0.5, 0.6) is 0 Å². The Balaban J connectivity index is 2.48. The molecule has 0 N–H and O–H groups in total. The van der Waals surface area contributed by atoms with Crippen LogP contribution in [0.15, 0.2) is 12.1 Å². The lowest BCUT2D eigenvalue weighted by molar-refractivity contribution is -0.194. The molecule has 0 amide bonds. The van der Waals surface area contributed by atoms with Gasteiger partial charge in [0.25, 0.3) is 0 Å². The Morgan fingerprint density at radius 1 is 1.00 bits per heavy atom. The Morgan fingerprint density at radius 2 is 1.47 bits per heavy atom. The van der Waals surface area contributed by atoms with E-state index in [9.17, 15) is 13.2 Å². The van der Waals surface area contributed by atoms with E-state index in [-0.39, 0.29) is 15.6 Å². The first-order chi connectivity index (χ1) is 14.1. The van der Waals surface area contributed by atoms with Crippen molar-refractivity contribution in [2.45, 2.75) is 103 Å². The average Bonchev–Trinajstić information content (AvgIpc) is 2.80. The zero-order chi connectivity index (χ0) is 25.1. The summed E-state index contributed by atoms with van der Waals surface area (Å²) in [5.74, 6) is 0. The topological polar surface area (TPSA) is 27.7 Å². The van der Waals surface area contributed by atoms with E-state index in [1.54, 1.807) is 13.0 Å². The predicted octanol–water partition coefficient (Wildman–Crippen LogP) is 6.79. The highest BCUT2D eigenvalue weighted by Gasteiger charge is 2.56. The standard InChI is InChI=1S/C23H37BClF3O3Si/c1-15-12-16(18(25)13-17(15)24-30-20(5,6)21(7,8)31-24)22(9,23(26,27)28)14-29-32(10,11)19(2,3)4/h12-13H,14H2,1-11H3. The van der Waals surface area contributed by atoms with Crippen molar-refractivity contribution in [2.75, 3.05) is 6.61 Å². The second kappa shape index (κ2) is 8.29. The molecule has 3 nitrogen and oxygen atoms in total. The summed E-state index contributed by atoms with van der Waals surface area (Å²) >= 11 is 6.50. The molecule has 2 rings (SSSR count). The van der Waals surface area contributed by atoms with Gasteiger partial charge in [-0.3, -0.25) is 0 Å². The van der Waals surface area contributed by atoms with Gasteiger partial charge in [0.1, 0.15) is 5.41 Å². The molecule has 9 heteroatoms. The van der Waals surface area contributed by atoms with E-state index >= 15 is 0 Å². The van der Waals surface area contributed by atoms with Crippen LogP contribution in [0.4, 0.5) is 13.2 Å². The summed E-state index contributed by atoms with van der Waals surface area (Å²) in [6, 6.07) is 3.05. The van der Waals surface area contributed by atoms with E-state index in [1.807, 2.05) is 61.6 Å². The Kier molecular flexibility index (Phi) is 7.18. The molecule has 32 heavy (non-hydrogen) atoms. The molecule has 1 aliphatic heterocycles. The van der Waals surface area contributed by atoms with Crippen molar-refractivity contribution in [1.29, 1.82) is 0 Å². The molecule has 0 aromatic heterocycles. The Bertz CT molecular complexity index is 849. The van der Waals surface area contributed by atoms with Gasteiger partial charge in [-0.15, -0.1) is 0 Å². The van der Waals surface area contributed by atoms with Gasteiger partial charge in [-0.05, 0) is 76.8 Å². The van der Waals surface area contributed by atoms with Crippen molar-refractivity contribution < 1.29 is 26.9 Å². The molecule has 1 aromatic carbocycles. The first-order valence-corrected chi connectivity index (χ1v) is 14.2. The van der Waals surface area contributed by atoms with Crippen LogP contribution >= 0.6 is 11.6 Å². The summed E-state index contributed by atoms with van der Waals surface area (Å²) in [5, 5.41) is -0.182. The van der Waals surface area contributed by atoms with Crippen molar-refractivity contribution in [3.63, 3.8) is 0 Å². The molecule has 182 valence electrons. The summed E-state index contributed by atoms with van der Waals surface area (Å²) in [5.41, 5.74) is -2.11. The third kappa shape index (κ3) is 4.95. The van der Waals surface area contributed by atoms with Crippen LogP contribution in [0.1, 0.15) is 66.5 Å². The number of alkyl halides is 3. The zero-order valence-electron chi connectivity index (χ0n) is 21.2. The number of hydrogen-bond donors (Lipinski definition) is 0. The molecule has 0 saturated carbocycles. The fourth-order valence-electron chi connectivity index (χ4n) is 3.20. The molecule has 1 atom stereocenters. The van der Waals surface area contributed by atoms with Crippen LogP contribution in [-0.2, 0) is 19.1 Å². The van der Waals surface area contributed by atoms with E-state index < -0.39 is 44.8 Å². The highest BCUT2D eigenvalue weighted by Crippen LogP contribution is 2.46. The number of hydrogen-bond acceptors (Lipinski definition) is 3. The largest absolute Gasteiger partial charge is 0.495 e. The smallest absolute Gasteiger partial charge is 0.416 e. The van der Waals surface area contributed by atoms with Crippen molar-refractivity contribution in [1.82, 2.24) is 0 Å². The van der Waals surface area contributed by atoms with Gasteiger partial charge in [0, 0.05) is 5.02 Å². The molecule has 1 saturated heterocycles. The summed E-state index contributed by atoms with van der Waals surface area (Å²) in [7, 11) is -3.11. The SMILES string of the molecule is Cc1cc(C(C)(CO[Si](C)(C)C(C)(C)C)C(F)(F)F)c(Cl)cc1B1OC(C)(C)C(C)(C)O1. The van der Waals surface area contributed by atoms with E-state index in [0.717, 1.165) is 6.92 Å². The number of rotatable bonds is 5. The summed E-state index contributed by atoms with van der Waals surface area (Å²) in [6.45, 7) is 20.0. The Hall–Kier alpha value is -0.538. The second-order valence-electron chi connectivity index (χ2n) is 11.7. The summed E-state index contributed by atoms with van der Waals surface area (Å²) in [4.78, 5) is 0. The van der Waals surface area contributed by atoms with Crippen LogP contribution in [0.2, 0.25) is 23.2 Å². The first-order valence-electron chi connectivity index (χ1n) is 10.9. The Morgan fingerprint density at radius 3 is 1.88 bits per heavy atom. The lowest BCUT2D eigenvalue weighted by atomic mass is 9.73. The van der Waals surface area contributed by atoms with Crippen molar-refractivity contribution >= 4 is 32.5 Å². The van der Waals surface area contributed by atoms with Crippen LogP contribution in [0.3, 0.4) is 0 Å². The third-order valence-electron chi connectivity index (χ3n) is 7.61. The maximum Gasteiger partial charge on any atom is 0.495 e. The zero-order valence-corrected chi connectivity index (χ0v) is 22.9. The minimum atomic E-state index is -4.54. The van der Waals surface area contributed by atoms with Crippen LogP contribution in [0.25, 0.3) is 0 Å². The monoisotopic (exact) mass is 492 g/mol. The molecular formula is C23H37BClF3O3Si. The molecule has 0 aliphatic carbocycles. The van der Waals surface area contributed by atoms with Crippen molar-refractivity contribution in [2.24, 2.45) is 0 Å². The molecule has 0 bridgehead atoms. The molecule has 0 spiro atoms. The fourth-order valence-corrected chi connectivity index (χ4v) is 4.66. The van der Waals surface area contributed by atoms with Gasteiger partial charge in [-0.1, -0.05) is 44.0 Å². The maximum atomic E-state index is 14.4. The lowest BCUT2D eigenvalue weighted by Crippen LogP contribution is -2.50. The van der Waals surface area contributed by atoms with Crippen LogP contribution in [-0.4, -0.2) is 39.4 Å². The van der Waals surface area contributed by atoms with Gasteiger partial charge in [-0.2, -0.15) is 13.2 Å². The normalized spacial score (nSPS) is 21.0. The minimum Gasteiger partial charge on any atom is -0.416 e. The molecule has 1 unspecified atom stereocenters. The second-order valence-corrected chi connectivity index (χ2v) is 16.9. The molecule has 1 heterocycles. The van der Waals surface area contributed by atoms with E-state index in [0.29, 0.717) is 11.0 Å². The van der Waals surface area contributed by atoms with Crippen LogP contribution < -0.4 is 5.46 Å². The maximum absolute atomic E-state index is 14.4. The van der Waals surface area contributed by atoms with Gasteiger partial charge < -0.3 is 13.7 Å². The number of halogens is 4.